The van der Waals surface area contributed by atoms with Crippen LogP contribution in [-0.4, -0.2) is 108 Å². The number of fused-ring (bicyclic) bond motifs is 10. The molecule has 2 fully saturated rings. The van der Waals surface area contributed by atoms with Crippen molar-refractivity contribution in [1.82, 2.24) is 19.8 Å². The van der Waals surface area contributed by atoms with E-state index in [0.29, 0.717) is 26.2 Å². The van der Waals surface area contributed by atoms with Crippen LogP contribution in [0.4, 0.5) is 0 Å². The zero-order valence-corrected chi connectivity index (χ0v) is 38.2. The molecule has 2 unspecified atom stereocenters. The van der Waals surface area contributed by atoms with E-state index in [1.165, 1.54) is 58.0 Å². The quantitative estimate of drug-likeness (QED) is 0.137. The molecule has 0 saturated carbocycles. The predicted molar refractivity (Wildman–Crippen MR) is 252 cm³/mol. The number of hydrogen-bond acceptors (Lipinski definition) is 10. The Kier molecular flexibility index (Phi) is 14.3. The first-order valence-electron chi connectivity index (χ1n) is 22.8. The average Bonchev–Trinajstić information content (AvgIpc) is 3.87. The van der Waals surface area contributed by atoms with Crippen LogP contribution in [0.3, 0.4) is 0 Å². The summed E-state index contributed by atoms with van der Waals surface area (Å²) >= 11 is 0. The lowest BCUT2D eigenvalue weighted by atomic mass is 9.78. The van der Waals surface area contributed by atoms with Crippen molar-refractivity contribution < 1.29 is 48.6 Å². The summed E-state index contributed by atoms with van der Waals surface area (Å²) in [6.45, 7) is 8.63. The third kappa shape index (κ3) is 10.7. The smallest absolute Gasteiger partial charge is 0.177 e. The molecule has 4 aromatic heterocycles. The van der Waals surface area contributed by atoms with Crippen molar-refractivity contribution in [2.45, 2.75) is 64.8 Å². The van der Waals surface area contributed by atoms with Gasteiger partial charge in [-0.05, 0) is 137 Å². The van der Waals surface area contributed by atoms with Gasteiger partial charge in [0.05, 0.1) is 25.0 Å². The lowest BCUT2D eigenvalue weighted by molar-refractivity contribution is -0.702. The Bertz CT molecular complexity index is 2780. The van der Waals surface area contributed by atoms with Gasteiger partial charge in [0.25, 0.3) is 0 Å². The third-order valence-electron chi connectivity index (χ3n) is 13.3. The molecule has 0 amide bonds. The Labute approximate surface area is 383 Å². The molecule has 6 heterocycles. The molecule has 0 spiro atoms. The zero-order chi connectivity index (χ0) is 46.5. The Morgan fingerprint density at radius 2 is 0.970 bits per heavy atom. The molecule has 346 valence electrons. The fourth-order valence-electron chi connectivity index (χ4n) is 10.3. The highest BCUT2D eigenvalue weighted by molar-refractivity contribution is 6.21. The number of carboxylic acids is 2. The summed E-state index contributed by atoms with van der Waals surface area (Å²) < 4.78 is 15.4. The standard InChI is InChI=1S/C48H52N6O4.2C2H4O2/c1-57-37-5-9-43-39(23-37)47-41-29-53(21-15-33(41)3-7-45(47)49-43)27-35(55)25-51-17-11-31(12-18-51)32-13-19-52(20-14-32)26-36(56)28-54-22-16-34-4-8-46-48(42(34)30-54)40-24-38(58-2)6-10-44(40)50-46;2*1-2(3)4/h3-10,15-16,21-24,29-32,35-36,55-56H,11-14,17-20,25-28H2,1-2H3;2*1H3,(H,3,4). The van der Waals surface area contributed by atoms with Gasteiger partial charge in [0.2, 0.25) is 0 Å². The van der Waals surface area contributed by atoms with Gasteiger partial charge >= 0.3 is 0 Å². The largest absolute Gasteiger partial charge is 0.550 e. The topological polar surface area (TPSA) is 185 Å². The molecule has 0 radical (unpaired) electrons. The van der Waals surface area contributed by atoms with Crippen LogP contribution in [0, 0.1) is 11.8 Å². The van der Waals surface area contributed by atoms with Crippen molar-refractivity contribution in [3.63, 3.8) is 0 Å². The number of H-pyrrole nitrogens is 2. The molecule has 2 aliphatic heterocycles. The summed E-state index contributed by atoms with van der Waals surface area (Å²) in [6.07, 6.45) is 12.5. The number of β-amino-alcohol motifs (C(OH)–C–C–N with tert-alkyl or cyclic N) is 2. The molecule has 2 atom stereocenters. The first-order valence-corrected chi connectivity index (χ1v) is 22.8. The van der Waals surface area contributed by atoms with Crippen LogP contribution in [0.15, 0.2) is 97.6 Å². The summed E-state index contributed by atoms with van der Waals surface area (Å²) in [4.78, 5) is 29.8. The van der Waals surface area contributed by atoms with Crippen molar-refractivity contribution in [1.29, 1.82) is 0 Å². The third-order valence-corrected chi connectivity index (χ3v) is 13.3. The van der Waals surface area contributed by atoms with Crippen LogP contribution in [0.2, 0.25) is 0 Å². The molecule has 2 saturated heterocycles. The maximum atomic E-state index is 11.3. The zero-order valence-electron chi connectivity index (χ0n) is 38.2. The summed E-state index contributed by atoms with van der Waals surface area (Å²) in [7, 11) is 3.41. The number of aromatic nitrogens is 4. The second-order valence-corrected chi connectivity index (χ2v) is 17.9. The number of piperidine rings is 2. The van der Waals surface area contributed by atoms with Gasteiger partial charge in [0.1, 0.15) is 23.7 Å². The number of carbonyl (C=O) groups is 2. The molecule has 4 N–H and O–H groups in total. The number of rotatable bonds is 11. The number of likely N-dealkylation sites (tertiary alicyclic amines) is 2. The number of carbonyl (C=O) groups excluding carboxylic acids is 2. The van der Waals surface area contributed by atoms with Gasteiger partial charge in [-0.25, -0.2) is 9.13 Å². The number of aromatic amines is 2. The molecule has 0 aliphatic carbocycles. The van der Waals surface area contributed by atoms with Crippen LogP contribution >= 0.6 is 0 Å². The number of nitrogens with zero attached hydrogens (tertiary/aromatic N) is 4. The highest BCUT2D eigenvalue weighted by Gasteiger charge is 2.31. The van der Waals surface area contributed by atoms with Crippen molar-refractivity contribution >= 4 is 77.1 Å². The summed E-state index contributed by atoms with van der Waals surface area (Å²) in [5.41, 5.74) is 4.39. The molecule has 4 aromatic carbocycles. The van der Waals surface area contributed by atoms with Crippen molar-refractivity contribution in [2.24, 2.45) is 11.8 Å². The van der Waals surface area contributed by atoms with E-state index in [0.717, 1.165) is 96.2 Å². The summed E-state index contributed by atoms with van der Waals surface area (Å²) in [6, 6.07) is 25.3. The van der Waals surface area contributed by atoms with Gasteiger partial charge in [-0.1, -0.05) is 12.1 Å². The van der Waals surface area contributed by atoms with E-state index in [9.17, 15) is 10.2 Å². The number of aliphatic carboxylic acids is 2. The minimum Gasteiger partial charge on any atom is -0.550 e. The van der Waals surface area contributed by atoms with E-state index >= 15 is 0 Å². The maximum absolute atomic E-state index is 11.3. The van der Waals surface area contributed by atoms with Crippen LogP contribution in [0.1, 0.15) is 39.5 Å². The van der Waals surface area contributed by atoms with Gasteiger partial charge in [-0.3, -0.25) is 0 Å². The van der Waals surface area contributed by atoms with E-state index < -0.39 is 24.1 Å². The summed E-state index contributed by atoms with van der Waals surface area (Å²) in [5, 5.41) is 49.7. The number of hydrogen-bond donors (Lipinski definition) is 4. The number of methoxy groups -OCH3 is 2. The van der Waals surface area contributed by atoms with Gasteiger partial charge in [0.15, 0.2) is 37.9 Å². The minimum absolute atomic E-state index is 0.442. The van der Waals surface area contributed by atoms with Crippen molar-refractivity contribution in [2.75, 3.05) is 53.5 Å². The number of ether oxygens (including phenoxy) is 2. The van der Waals surface area contributed by atoms with Crippen LogP contribution < -0.4 is 28.8 Å². The van der Waals surface area contributed by atoms with Gasteiger partial charge in [-0.15, -0.1) is 0 Å². The van der Waals surface area contributed by atoms with Crippen molar-refractivity contribution in [3.8, 4) is 11.5 Å². The van der Waals surface area contributed by atoms with Crippen LogP contribution in [0.5, 0.6) is 11.5 Å². The van der Waals surface area contributed by atoms with Crippen LogP contribution in [0.25, 0.3) is 65.2 Å². The number of carboxylic acid groups (broad SMARTS) is 2. The highest BCUT2D eigenvalue weighted by atomic mass is 16.5. The average molecular weight is 897 g/mol. The maximum Gasteiger partial charge on any atom is 0.177 e. The lowest BCUT2D eigenvalue weighted by Gasteiger charge is -2.40. The first kappa shape index (κ1) is 46.2. The first-order chi connectivity index (χ1) is 31.8. The highest BCUT2D eigenvalue weighted by Crippen LogP contribution is 2.36. The Morgan fingerprint density at radius 1 is 0.606 bits per heavy atom. The molecule has 14 nitrogen and oxygen atoms in total. The Morgan fingerprint density at radius 3 is 1.33 bits per heavy atom. The lowest BCUT2D eigenvalue weighted by Crippen LogP contribution is -2.48. The Balaban J connectivity index is 0.000000687. The predicted octanol–water partition coefficient (Wildman–Crippen LogP) is 4.21. The fourth-order valence-corrected chi connectivity index (χ4v) is 10.3. The number of aliphatic hydroxyl groups excluding tert-OH is 2. The number of benzene rings is 4. The van der Waals surface area contributed by atoms with E-state index in [-0.39, 0.29) is 0 Å². The molecule has 14 heteroatoms. The van der Waals surface area contributed by atoms with Crippen molar-refractivity contribution in [3.05, 3.63) is 97.6 Å². The number of pyridine rings is 2. The minimum atomic E-state index is -1.08. The SMILES string of the molecule is CC(=O)[O-].CC(=O)[O-].COc1ccc2[nH]c3ccc4cc[n+](CC(O)CN5CCC(C6CCN(CC(O)C[n+]7ccc8ccc9[nH]c%10ccc(OC)cc%10c9c8c7)CC6)CC5)cc4c3c2c1. The van der Waals surface area contributed by atoms with E-state index in [2.05, 4.69) is 114 Å². The van der Waals surface area contributed by atoms with Crippen LogP contribution in [-0.2, 0) is 22.7 Å². The van der Waals surface area contributed by atoms with E-state index in [1.54, 1.807) is 14.2 Å². The number of nitrogens with one attached hydrogen (secondary N) is 2. The second-order valence-electron chi connectivity index (χ2n) is 17.9. The van der Waals surface area contributed by atoms with Gasteiger partial charge in [0, 0.05) is 80.8 Å². The molecule has 66 heavy (non-hydrogen) atoms. The second kappa shape index (κ2) is 20.5. The fraction of sp³-hybridized carbons (Fsp3) is 0.385. The molecular weight excluding hydrogens is 837 g/mol. The van der Waals surface area contributed by atoms with E-state index in [1.807, 2.05) is 12.1 Å². The number of aliphatic hydroxyl groups is 2. The van der Waals surface area contributed by atoms with Gasteiger partial charge in [-0.2, -0.15) is 0 Å². The van der Waals surface area contributed by atoms with E-state index in [4.69, 9.17) is 29.3 Å². The molecular formula is C52H60N6O8. The molecule has 2 aliphatic rings. The molecule has 10 rings (SSSR count). The monoisotopic (exact) mass is 896 g/mol. The normalized spacial score (nSPS) is 16.3. The molecule has 0 bridgehead atoms. The summed E-state index contributed by atoms with van der Waals surface area (Å²) in [5.74, 6) is 0.999. The Hall–Kier alpha value is -6.32. The van der Waals surface area contributed by atoms with Gasteiger partial charge < -0.3 is 59.3 Å². The molecule has 8 aromatic rings.